The number of halogens is 8. The Morgan fingerprint density at radius 3 is 1.47 bits per heavy atom. The highest BCUT2D eigenvalue weighted by molar-refractivity contribution is 5.58. The molecule has 0 aliphatic heterocycles. The molecule has 0 amide bonds. The van der Waals surface area contributed by atoms with Gasteiger partial charge in [0.1, 0.15) is 0 Å². The predicted octanol–water partition coefficient (Wildman–Crippen LogP) is 1.53. The second kappa shape index (κ2) is 4.29. The van der Waals surface area contributed by atoms with Crippen molar-refractivity contribution in [3.63, 3.8) is 0 Å². The van der Waals surface area contributed by atoms with E-state index in [0.717, 1.165) is 0 Å². The third-order valence-corrected chi connectivity index (χ3v) is 1.24. The van der Waals surface area contributed by atoms with E-state index in [0.29, 0.717) is 0 Å². The summed E-state index contributed by atoms with van der Waals surface area (Å²) in [6, 6.07) is 0. The van der Waals surface area contributed by atoms with Crippen LogP contribution in [0.3, 0.4) is 0 Å². The van der Waals surface area contributed by atoms with E-state index in [9.17, 15) is 39.9 Å². The van der Waals surface area contributed by atoms with Crippen LogP contribution in [0.2, 0.25) is 0 Å². The molecule has 0 spiro atoms. The standard InChI is InChI=1S/C5H2F8O.H2O/c6-2(1-14)3(7,8)4(9,10)5(11,12)13;/h1-2H;1H2. The van der Waals surface area contributed by atoms with Crippen molar-refractivity contribution in [3.8, 4) is 0 Å². The van der Waals surface area contributed by atoms with Crippen molar-refractivity contribution in [2.45, 2.75) is 24.2 Å². The summed E-state index contributed by atoms with van der Waals surface area (Å²) >= 11 is 0. The van der Waals surface area contributed by atoms with Gasteiger partial charge in [0.25, 0.3) is 0 Å². The third-order valence-electron chi connectivity index (χ3n) is 1.24. The summed E-state index contributed by atoms with van der Waals surface area (Å²) in [4.78, 5) is 9.37. The Kier molecular flexibility index (Phi) is 4.72. The SMILES string of the molecule is O.O=CC(F)C(F)(F)C(F)(F)C(F)(F)F. The van der Waals surface area contributed by atoms with Gasteiger partial charge in [-0.15, -0.1) is 0 Å². The average Bonchev–Trinajstić information content (AvgIpc) is 2.00. The maximum absolute atomic E-state index is 12.0. The smallest absolute Gasteiger partial charge is 0.412 e. The van der Waals surface area contributed by atoms with Crippen molar-refractivity contribution in [2.24, 2.45) is 0 Å². The molecule has 0 aliphatic carbocycles. The van der Waals surface area contributed by atoms with Crippen LogP contribution in [0.15, 0.2) is 0 Å². The van der Waals surface area contributed by atoms with Crippen molar-refractivity contribution in [2.75, 3.05) is 0 Å². The molecule has 0 radical (unpaired) electrons. The Labute approximate surface area is 77.2 Å². The number of alkyl halides is 8. The third kappa shape index (κ3) is 2.55. The Morgan fingerprint density at radius 2 is 1.27 bits per heavy atom. The van der Waals surface area contributed by atoms with Gasteiger partial charge in [0.05, 0.1) is 0 Å². The van der Waals surface area contributed by atoms with Gasteiger partial charge in [0.2, 0.25) is 6.17 Å². The van der Waals surface area contributed by atoms with Gasteiger partial charge in [-0.25, -0.2) is 4.39 Å². The highest BCUT2D eigenvalue weighted by atomic mass is 19.4. The van der Waals surface area contributed by atoms with E-state index >= 15 is 0 Å². The first kappa shape index (κ1) is 16.5. The van der Waals surface area contributed by atoms with E-state index in [4.69, 9.17) is 0 Å². The summed E-state index contributed by atoms with van der Waals surface area (Å²) in [6.45, 7) is 0. The molecule has 0 aromatic carbocycles. The van der Waals surface area contributed by atoms with Crippen molar-refractivity contribution in [1.82, 2.24) is 0 Å². The van der Waals surface area contributed by atoms with Gasteiger partial charge in [-0.05, 0) is 0 Å². The molecule has 0 aromatic heterocycles. The highest BCUT2D eigenvalue weighted by Crippen LogP contribution is 2.48. The van der Waals surface area contributed by atoms with Gasteiger partial charge in [-0.3, -0.25) is 4.79 Å². The van der Waals surface area contributed by atoms with Crippen LogP contribution in [0.25, 0.3) is 0 Å². The number of rotatable bonds is 3. The Hall–Kier alpha value is -0.930. The topological polar surface area (TPSA) is 48.6 Å². The molecule has 92 valence electrons. The minimum absolute atomic E-state index is 0. The molecule has 1 atom stereocenters. The number of carbonyl (C=O) groups is 1. The van der Waals surface area contributed by atoms with Crippen LogP contribution in [0.5, 0.6) is 0 Å². The minimum atomic E-state index is -6.62. The highest BCUT2D eigenvalue weighted by Gasteiger charge is 2.76. The maximum atomic E-state index is 12.0. The summed E-state index contributed by atoms with van der Waals surface area (Å²) in [5, 5.41) is 0. The molecular weight excluding hydrogens is 244 g/mol. The predicted molar refractivity (Wildman–Crippen MR) is 30.5 cm³/mol. The van der Waals surface area contributed by atoms with Gasteiger partial charge >= 0.3 is 18.0 Å². The molecule has 0 aliphatic rings. The average molecular weight is 248 g/mol. The van der Waals surface area contributed by atoms with Crippen LogP contribution >= 0.6 is 0 Å². The normalized spacial score (nSPS) is 15.5. The molecule has 15 heavy (non-hydrogen) atoms. The first-order valence-corrected chi connectivity index (χ1v) is 2.90. The molecule has 10 heteroatoms. The number of hydrogen-bond acceptors (Lipinski definition) is 1. The molecular formula is C5H4F8O2. The number of hydrogen-bond donors (Lipinski definition) is 0. The fraction of sp³-hybridized carbons (Fsp3) is 0.800. The first-order chi connectivity index (χ1) is 5.98. The summed E-state index contributed by atoms with van der Waals surface area (Å²) in [7, 11) is 0. The lowest BCUT2D eigenvalue weighted by atomic mass is 10.1. The number of carbonyl (C=O) groups excluding carboxylic acids is 1. The van der Waals surface area contributed by atoms with Gasteiger partial charge in [0.15, 0.2) is 6.29 Å². The van der Waals surface area contributed by atoms with Gasteiger partial charge in [-0.2, -0.15) is 30.7 Å². The van der Waals surface area contributed by atoms with Crippen LogP contribution in [-0.4, -0.2) is 36.0 Å². The van der Waals surface area contributed by atoms with Crippen LogP contribution in [0.4, 0.5) is 35.1 Å². The van der Waals surface area contributed by atoms with Crippen LogP contribution in [0.1, 0.15) is 0 Å². The summed E-state index contributed by atoms with van der Waals surface area (Å²) in [5.41, 5.74) is 0. The van der Waals surface area contributed by atoms with E-state index in [2.05, 4.69) is 0 Å². The van der Waals surface area contributed by atoms with E-state index in [1.165, 1.54) is 0 Å². The minimum Gasteiger partial charge on any atom is -0.412 e. The lowest BCUT2D eigenvalue weighted by Crippen LogP contribution is -2.57. The molecule has 2 nitrogen and oxygen atoms in total. The maximum Gasteiger partial charge on any atom is 0.460 e. The number of aldehydes is 1. The van der Waals surface area contributed by atoms with Crippen molar-refractivity contribution in [3.05, 3.63) is 0 Å². The monoisotopic (exact) mass is 248 g/mol. The molecule has 0 rings (SSSR count). The Bertz CT molecular complexity index is 222. The lowest BCUT2D eigenvalue weighted by molar-refractivity contribution is -0.362. The van der Waals surface area contributed by atoms with E-state index in [1.807, 2.05) is 0 Å². The van der Waals surface area contributed by atoms with E-state index in [-0.39, 0.29) is 5.48 Å². The van der Waals surface area contributed by atoms with Gasteiger partial charge < -0.3 is 5.48 Å². The van der Waals surface area contributed by atoms with E-state index < -0.39 is 30.5 Å². The zero-order valence-corrected chi connectivity index (χ0v) is 6.59. The van der Waals surface area contributed by atoms with Crippen LogP contribution in [-0.2, 0) is 4.79 Å². The van der Waals surface area contributed by atoms with Crippen molar-refractivity contribution >= 4 is 6.29 Å². The molecule has 0 bridgehead atoms. The van der Waals surface area contributed by atoms with Gasteiger partial charge in [-0.1, -0.05) is 0 Å². The molecule has 1 unspecified atom stereocenters. The zero-order valence-electron chi connectivity index (χ0n) is 6.59. The van der Waals surface area contributed by atoms with Crippen molar-refractivity contribution < 1.29 is 45.4 Å². The molecule has 0 heterocycles. The summed E-state index contributed by atoms with van der Waals surface area (Å²) < 4.78 is 93.6. The molecule has 0 saturated heterocycles. The summed E-state index contributed by atoms with van der Waals surface area (Å²) in [5.74, 6) is -12.7. The molecule has 0 saturated carbocycles. The van der Waals surface area contributed by atoms with E-state index in [1.54, 1.807) is 0 Å². The lowest BCUT2D eigenvalue weighted by Gasteiger charge is -2.28. The Morgan fingerprint density at radius 1 is 0.933 bits per heavy atom. The second-order valence-corrected chi connectivity index (χ2v) is 2.23. The molecule has 0 aromatic rings. The first-order valence-electron chi connectivity index (χ1n) is 2.90. The summed E-state index contributed by atoms with van der Waals surface area (Å²) in [6.07, 6.45) is -12.2. The quantitative estimate of drug-likeness (QED) is 0.552. The van der Waals surface area contributed by atoms with Crippen LogP contribution in [0, 0.1) is 0 Å². The fourth-order valence-corrected chi connectivity index (χ4v) is 0.448. The fourth-order valence-electron chi connectivity index (χ4n) is 0.448. The van der Waals surface area contributed by atoms with Gasteiger partial charge in [0, 0.05) is 0 Å². The van der Waals surface area contributed by atoms with Crippen molar-refractivity contribution in [1.29, 1.82) is 0 Å². The zero-order chi connectivity index (χ0) is 11.8. The van der Waals surface area contributed by atoms with Crippen LogP contribution < -0.4 is 0 Å². The molecule has 0 fully saturated rings. The largest absolute Gasteiger partial charge is 0.460 e. The second-order valence-electron chi connectivity index (χ2n) is 2.23. The molecule has 2 N–H and O–H groups in total. The Balaban J connectivity index is 0.